The molecule has 34 heavy (non-hydrogen) atoms. The third-order valence-electron chi connectivity index (χ3n) is 5.48. The number of rotatable bonds is 4. The third-order valence-corrected chi connectivity index (χ3v) is 5.48. The number of azo groups is 1. The number of fused-ring (bicyclic) bond motifs is 2. The Morgan fingerprint density at radius 3 is 2.35 bits per heavy atom. The van der Waals surface area contributed by atoms with Crippen molar-refractivity contribution in [3.63, 3.8) is 0 Å². The van der Waals surface area contributed by atoms with E-state index in [4.69, 9.17) is 9.52 Å². The summed E-state index contributed by atoms with van der Waals surface area (Å²) >= 11 is 0. The summed E-state index contributed by atoms with van der Waals surface area (Å²) in [4.78, 5) is 17.4. The van der Waals surface area contributed by atoms with E-state index in [1.54, 1.807) is 22.8 Å². The topological polar surface area (TPSA) is 85.1 Å². The summed E-state index contributed by atoms with van der Waals surface area (Å²) in [7, 11) is 0. The highest BCUT2D eigenvalue weighted by atomic mass is 16.4. The van der Waals surface area contributed by atoms with Crippen molar-refractivity contribution in [3.8, 4) is 22.5 Å². The van der Waals surface area contributed by atoms with Crippen molar-refractivity contribution in [3.05, 3.63) is 114 Å². The standard InChI is InChI=1S/C27H17N5O2/c33-27-21(17-19-11-7-8-14-23(19)34-27)22-15-16-28-26-25(30-29-20-12-5-2-6-13-20)24(31-32(22)26)18-9-3-1-4-10-18/h1-17H. The monoisotopic (exact) mass is 443 g/mol. The first kappa shape index (κ1) is 19.8. The summed E-state index contributed by atoms with van der Waals surface area (Å²) in [6.45, 7) is 0. The molecule has 0 bridgehead atoms. The van der Waals surface area contributed by atoms with E-state index in [1.807, 2.05) is 84.9 Å². The molecule has 0 saturated heterocycles. The van der Waals surface area contributed by atoms with Gasteiger partial charge in [-0.3, -0.25) is 0 Å². The van der Waals surface area contributed by atoms with Crippen molar-refractivity contribution in [1.82, 2.24) is 14.6 Å². The van der Waals surface area contributed by atoms with Gasteiger partial charge in [-0.05, 0) is 30.3 Å². The van der Waals surface area contributed by atoms with Gasteiger partial charge in [-0.2, -0.15) is 10.2 Å². The second-order valence-corrected chi connectivity index (χ2v) is 7.65. The Labute approximate surface area is 193 Å². The molecule has 0 radical (unpaired) electrons. The fourth-order valence-electron chi connectivity index (χ4n) is 3.86. The molecule has 6 aromatic rings. The lowest BCUT2D eigenvalue weighted by Crippen LogP contribution is -2.07. The van der Waals surface area contributed by atoms with Crippen LogP contribution in [0.1, 0.15) is 0 Å². The molecule has 0 N–H and O–H groups in total. The van der Waals surface area contributed by atoms with Gasteiger partial charge in [0.15, 0.2) is 11.3 Å². The van der Waals surface area contributed by atoms with Crippen molar-refractivity contribution >= 4 is 28.0 Å². The molecule has 0 spiro atoms. The number of aromatic nitrogens is 3. The van der Waals surface area contributed by atoms with Crippen LogP contribution in [-0.2, 0) is 0 Å². The summed E-state index contributed by atoms with van der Waals surface area (Å²) in [5.74, 6) is 0. The summed E-state index contributed by atoms with van der Waals surface area (Å²) in [5.41, 5.74) is 4.23. The molecular formula is C27H17N5O2. The van der Waals surface area contributed by atoms with Gasteiger partial charge in [0, 0.05) is 17.1 Å². The van der Waals surface area contributed by atoms with Crippen LogP contribution < -0.4 is 5.63 Å². The van der Waals surface area contributed by atoms with Gasteiger partial charge in [-0.25, -0.2) is 14.3 Å². The zero-order chi connectivity index (χ0) is 22.9. The number of hydrogen-bond acceptors (Lipinski definition) is 6. The molecule has 0 aliphatic carbocycles. The molecule has 162 valence electrons. The van der Waals surface area contributed by atoms with Crippen molar-refractivity contribution in [2.24, 2.45) is 10.2 Å². The van der Waals surface area contributed by atoms with Gasteiger partial charge in [-0.1, -0.05) is 66.7 Å². The molecule has 0 saturated carbocycles. The van der Waals surface area contributed by atoms with E-state index in [-0.39, 0.29) is 0 Å². The Balaban J connectivity index is 1.61. The molecule has 0 amide bonds. The fraction of sp³-hybridized carbons (Fsp3) is 0. The van der Waals surface area contributed by atoms with Gasteiger partial charge in [0.05, 0.1) is 16.9 Å². The van der Waals surface area contributed by atoms with Crippen molar-refractivity contribution in [1.29, 1.82) is 0 Å². The van der Waals surface area contributed by atoms with Crippen molar-refractivity contribution in [2.45, 2.75) is 0 Å². The van der Waals surface area contributed by atoms with Crippen molar-refractivity contribution in [2.75, 3.05) is 0 Å². The molecule has 7 nitrogen and oxygen atoms in total. The summed E-state index contributed by atoms with van der Waals surface area (Å²) in [5, 5.41) is 14.6. The van der Waals surface area contributed by atoms with E-state index in [1.165, 1.54) is 0 Å². The van der Waals surface area contributed by atoms with Gasteiger partial charge in [0.2, 0.25) is 0 Å². The summed E-state index contributed by atoms with van der Waals surface area (Å²) in [6.07, 6.45) is 1.64. The van der Waals surface area contributed by atoms with Gasteiger partial charge in [0.25, 0.3) is 0 Å². The minimum Gasteiger partial charge on any atom is -0.422 e. The van der Waals surface area contributed by atoms with Crippen LogP contribution in [0.5, 0.6) is 0 Å². The van der Waals surface area contributed by atoms with Crippen LogP contribution in [0.2, 0.25) is 0 Å². The maximum atomic E-state index is 12.9. The highest BCUT2D eigenvalue weighted by Crippen LogP contribution is 2.35. The summed E-state index contributed by atoms with van der Waals surface area (Å²) < 4.78 is 7.19. The molecule has 6 rings (SSSR count). The quantitative estimate of drug-likeness (QED) is 0.227. The van der Waals surface area contributed by atoms with Gasteiger partial charge < -0.3 is 4.42 Å². The lowest BCUT2D eigenvalue weighted by atomic mass is 10.1. The molecule has 3 heterocycles. The minimum absolute atomic E-state index is 0.389. The molecule has 0 aliphatic heterocycles. The lowest BCUT2D eigenvalue weighted by Gasteiger charge is -2.04. The third kappa shape index (κ3) is 3.45. The smallest absolute Gasteiger partial charge is 0.345 e. The van der Waals surface area contributed by atoms with Crippen LogP contribution in [0.15, 0.2) is 123 Å². The molecule has 3 aromatic heterocycles. The Bertz CT molecular complexity index is 1720. The minimum atomic E-state index is -0.449. The first-order chi connectivity index (χ1) is 16.8. The highest BCUT2D eigenvalue weighted by Gasteiger charge is 2.20. The second-order valence-electron chi connectivity index (χ2n) is 7.65. The molecule has 0 fully saturated rings. The Morgan fingerprint density at radius 1 is 0.794 bits per heavy atom. The Kier molecular flexibility index (Phi) is 4.77. The zero-order valence-corrected chi connectivity index (χ0v) is 17.9. The van der Waals surface area contributed by atoms with Crippen LogP contribution in [0.4, 0.5) is 11.4 Å². The normalized spacial score (nSPS) is 11.5. The molecular weight excluding hydrogens is 426 g/mol. The van der Waals surface area contributed by atoms with E-state index in [2.05, 4.69) is 15.2 Å². The number of nitrogens with zero attached hydrogens (tertiary/aromatic N) is 5. The SMILES string of the molecule is O=c1oc2ccccc2cc1-c1ccnc2c(N=Nc3ccccc3)c(-c3ccccc3)nn12. The number of hydrogen-bond donors (Lipinski definition) is 0. The van der Waals surface area contributed by atoms with E-state index in [9.17, 15) is 4.79 Å². The van der Waals surface area contributed by atoms with E-state index < -0.39 is 5.63 Å². The van der Waals surface area contributed by atoms with Gasteiger partial charge in [0.1, 0.15) is 11.3 Å². The molecule has 7 heteroatoms. The van der Waals surface area contributed by atoms with Gasteiger partial charge in [-0.15, -0.1) is 5.11 Å². The molecule has 0 atom stereocenters. The van der Waals surface area contributed by atoms with Crippen LogP contribution >= 0.6 is 0 Å². The van der Waals surface area contributed by atoms with Crippen LogP contribution in [-0.4, -0.2) is 14.6 Å². The maximum Gasteiger partial charge on any atom is 0.345 e. The summed E-state index contributed by atoms with van der Waals surface area (Å²) in [6, 6.07) is 30.1. The number of benzene rings is 3. The predicted molar refractivity (Wildman–Crippen MR) is 131 cm³/mol. The van der Waals surface area contributed by atoms with Gasteiger partial charge >= 0.3 is 5.63 Å². The number of para-hydroxylation sites is 1. The fourth-order valence-corrected chi connectivity index (χ4v) is 3.86. The molecule has 0 unspecified atom stereocenters. The highest BCUT2D eigenvalue weighted by molar-refractivity contribution is 5.85. The largest absolute Gasteiger partial charge is 0.422 e. The second kappa shape index (κ2) is 8.22. The van der Waals surface area contributed by atoms with Crippen molar-refractivity contribution < 1.29 is 4.42 Å². The maximum absolute atomic E-state index is 12.9. The molecule has 0 aliphatic rings. The van der Waals surface area contributed by atoms with Crippen LogP contribution in [0.3, 0.4) is 0 Å². The average Bonchev–Trinajstić information content (AvgIpc) is 3.27. The predicted octanol–water partition coefficient (Wildman–Crippen LogP) is 6.59. The Hall–Kier alpha value is -4.91. The lowest BCUT2D eigenvalue weighted by molar-refractivity contribution is 0.563. The Morgan fingerprint density at radius 2 is 1.53 bits per heavy atom. The van der Waals surface area contributed by atoms with E-state index >= 15 is 0 Å². The van der Waals surface area contributed by atoms with Crippen LogP contribution in [0, 0.1) is 0 Å². The first-order valence-corrected chi connectivity index (χ1v) is 10.7. The average molecular weight is 443 g/mol. The first-order valence-electron chi connectivity index (χ1n) is 10.7. The zero-order valence-electron chi connectivity index (χ0n) is 17.9. The molecule has 3 aromatic carbocycles. The van der Waals surface area contributed by atoms with E-state index in [0.29, 0.717) is 39.6 Å². The van der Waals surface area contributed by atoms with Crippen LogP contribution in [0.25, 0.3) is 39.1 Å². The van der Waals surface area contributed by atoms with E-state index in [0.717, 1.165) is 10.9 Å².